The maximum absolute atomic E-state index is 11.8. The highest BCUT2D eigenvalue weighted by Gasteiger charge is 2.29. The van der Waals surface area contributed by atoms with Crippen LogP contribution in [-0.2, 0) is 14.4 Å². The number of carbonyl (C=O) groups is 3. The first-order valence-electron chi connectivity index (χ1n) is 6.49. The number of ketones is 2. The quantitative estimate of drug-likeness (QED) is 0.400. The summed E-state index contributed by atoms with van der Waals surface area (Å²) in [6.07, 6.45) is 2.06. The van der Waals surface area contributed by atoms with E-state index >= 15 is 0 Å². The molecule has 0 aliphatic rings. The molecule has 0 aliphatic heterocycles. The zero-order valence-electron chi connectivity index (χ0n) is 11.9. The van der Waals surface area contributed by atoms with Crippen molar-refractivity contribution in [3.05, 3.63) is 6.04 Å². The summed E-state index contributed by atoms with van der Waals surface area (Å²) in [4.78, 5) is 34.6. The highest BCUT2D eigenvalue weighted by atomic mass is 16.2. The molecule has 1 amide bonds. The maximum atomic E-state index is 11.8. The first kappa shape index (κ1) is 17.7. The SMILES string of the molecule is CC(=O)C(=O)[C](NC(=O)[C@@H](N)CCCCN)C(C)C. The number of Topliss-reactive ketones (excluding diaryl/α,β-unsaturated/α-hetero) is 2. The van der Waals surface area contributed by atoms with Gasteiger partial charge in [-0.05, 0) is 25.3 Å². The topological polar surface area (TPSA) is 115 Å². The summed E-state index contributed by atoms with van der Waals surface area (Å²) in [5.41, 5.74) is 11.1. The van der Waals surface area contributed by atoms with Crippen molar-refractivity contribution in [2.24, 2.45) is 17.4 Å². The molecule has 0 aromatic rings. The Morgan fingerprint density at radius 1 is 1.16 bits per heavy atom. The van der Waals surface area contributed by atoms with Crippen LogP contribution in [-0.4, -0.2) is 30.1 Å². The minimum atomic E-state index is -0.694. The summed E-state index contributed by atoms with van der Waals surface area (Å²) in [7, 11) is 0. The van der Waals surface area contributed by atoms with Crippen molar-refractivity contribution in [3.63, 3.8) is 0 Å². The summed E-state index contributed by atoms with van der Waals surface area (Å²) in [5.74, 6) is -1.94. The van der Waals surface area contributed by atoms with Crippen molar-refractivity contribution in [1.82, 2.24) is 5.32 Å². The highest BCUT2D eigenvalue weighted by Crippen LogP contribution is 2.12. The molecule has 0 saturated carbocycles. The molecule has 0 heterocycles. The van der Waals surface area contributed by atoms with Gasteiger partial charge < -0.3 is 16.8 Å². The van der Waals surface area contributed by atoms with Gasteiger partial charge in [-0.3, -0.25) is 14.4 Å². The normalized spacial score (nSPS) is 12.6. The molecule has 0 aromatic carbocycles. The maximum Gasteiger partial charge on any atom is 0.237 e. The smallest absolute Gasteiger partial charge is 0.237 e. The predicted molar refractivity (Wildman–Crippen MR) is 72.8 cm³/mol. The Balaban J connectivity index is 4.47. The third-order valence-corrected chi connectivity index (χ3v) is 2.71. The van der Waals surface area contributed by atoms with Crippen LogP contribution in [0.3, 0.4) is 0 Å². The molecule has 6 heteroatoms. The molecule has 109 valence electrons. The lowest BCUT2D eigenvalue weighted by Crippen LogP contribution is -2.47. The predicted octanol–water partition coefficient (Wildman–Crippen LogP) is -0.0950. The van der Waals surface area contributed by atoms with Gasteiger partial charge in [0.2, 0.25) is 11.7 Å². The van der Waals surface area contributed by atoms with Gasteiger partial charge in [-0.25, -0.2) is 0 Å². The highest BCUT2D eigenvalue weighted by molar-refractivity contribution is 6.41. The van der Waals surface area contributed by atoms with Crippen LogP contribution in [0.1, 0.15) is 40.0 Å². The standard InChI is InChI=1S/C13H24N3O3/c1-8(2)11(12(18)9(3)17)16-13(19)10(15)6-4-5-7-14/h8,10H,4-7,14-15H2,1-3H3,(H,16,19)/t10-/m0/s1. The van der Waals surface area contributed by atoms with Crippen LogP contribution >= 0.6 is 0 Å². The van der Waals surface area contributed by atoms with Crippen molar-refractivity contribution < 1.29 is 14.4 Å². The fourth-order valence-electron chi connectivity index (χ4n) is 1.52. The van der Waals surface area contributed by atoms with E-state index in [1.807, 2.05) is 0 Å². The zero-order valence-corrected chi connectivity index (χ0v) is 11.9. The first-order chi connectivity index (χ1) is 8.81. The van der Waals surface area contributed by atoms with E-state index in [0.29, 0.717) is 13.0 Å². The summed E-state index contributed by atoms with van der Waals surface area (Å²) in [5, 5.41) is 2.48. The fourth-order valence-corrected chi connectivity index (χ4v) is 1.52. The summed E-state index contributed by atoms with van der Waals surface area (Å²) in [6, 6.07) is -0.591. The molecule has 1 radical (unpaired) electrons. The molecule has 0 rings (SSSR count). The fraction of sp³-hybridized carbons (Fsp3) is 0.692. The van der Waals surface area contributed by atoms with Crippen LogP contribution in [0.25, 0.3) is 0 Å². The Kier molecular flexibility index (Phi) is 8.18. The summed E-state index contributed by atoms with van der Waals surface area (Å²) in [6.45, 7) is 5.20. The second-order valence-electron chi connectivity index (χ2n) is 4.83. The van der Waals surface area contributed by atoms with Gasteiger partial charge >= 0.3 is 0 Å². The molecule has 0 spiro atoms. The van der Waals surface area contributed by atoms with Crippen LogP contribution in [0.15, 0.2) is 0 Å². The first-order valence-corrected chi connectivity index (χ1v) is 6.49. The minimum absolute atomic E-state index is 0.103. The number of unbranched alkanes of at least 4 members (excludes halogenated alkanes) is 1. The second-order valence-corrected chi connectivity index (χ2v) is 4.83. The lowest BCUT2D eigenvalue weighted by Gasteiger charge is -2.21. The Labute approximate surface area is 114 Å². The molecule has 0 bridgehead atoms. The number of carbonyl (C=O) groups excluding carboxylic acids is 3. The number of hydrogen-bond donors (Lipinski definition) is 3. The van der Waals surface area contributed by atoms with E-state index in [9.17, 15) is 14.4 Å². The minimum Gasteiger partial charge on any atom is -0.339 e. The molecule has 0 aromatic heterocycles. The Hall–Kier alpha value is -1.27. The largest absolute Gasteiger partial charge is 0.339 e. The molecule has 0 fully saturated rings. The number of amides is 1. The third kappa shape index (κ3) is 6.45. The van der Waals surface area contributed by atoms with Gasteiger partial charge in [0.05, 0.1) is 6.04 Å². The van der Waals surface area contributed by atoms with E-state index in [1.54, 1.807) is 13.8 Å². The molecule has 0 unspecified atom stereocenters. The van der Waals surface area contributed by atoms with E-state index in [2.05, 4.69) is 5.32 Å². The average Bonchev–Trinajstić information content (AvgIpc) is 2.34. The number of nitrogens with one attached hydrogen (secondary N) is 1. The van der Waals surface area contributed by atoms with Crippen molar-refractivity contribution in [2.75, 3.05) is 6.54 Å². The van der Waals surface area contributed by atoms with Crippen molar-refractivity contribution >= 4 is 17.5 Å². The molecule has 6 nitrogen and oxygen atoms in total. The Morgan fingerprint density at radius 3 is 2.16 bits per heavy atom. The summed E-state index contributed by atoms with van der Waals surface area (Å²) >= 11 is 0. The monoisotopic (exact) mass is 270 g/mol. The number of nitrogens with two attached hydrogens (primary N) is 2. The molecular formula is C13H24N3O3. The van der Waals surface area contributed by atoms with E-state index in [-0.39, 0.29) is 12.0 Å². The van der Waals surface area contributed by atoms with E-state index < -0.39 is 23.5 Å². The van der Waals surface area contributed by atoms with E-state index in [4.69, 9.17) is 11.5 Å². The number of hydrogen-bond acceptors (Lipinski definition) is 5. The van der Waals surface area contributed by atoms with Crippen LogP contribution in [0.2, 0.25) is 0 Å². The van der Waals surface area contributed by atoms with Gasteiger partial charge in [0.25, 0.3) is 0 Å². The number of rotatable bonds is 9. The zero-order chi connectivity index (χ0) is 15.0. The van der Waals surface area contributed by atoms with Crippen LogP contribution < -0.4 is 16.8 Å². The van der Waals surface area contributed by atoms with Gasteiger partial charge in [0.1, 0.15) is 6.04 Å². The van der Waals surface area contributed by atoms with Crippen molar-refractivity contribution in [3.8, 4) is 0 Å². The lowest BCUT2D eigenvalue weighted by atomic mass is 9.97. The van der Waals surface area contributed by atoms with Crippen LogP contribution in [0, 0.1) is 12.0 Å². The van der Waals surface area contributed by atoms with Crippen LogP contribution in [0.4, 0.5) is 0 Å². The van der Waals surface area contributed by atoms with Gasteiger partial charge in [0, 0.05) is 6.92 Å². The third-order valence-electron chi connectivity index (χ3n) is 2.71. The van der Waals surface area contributed by atoms with Gasteiger partial charge in [-0.2, -0.15) is 0 Å². The second kappa shape index (κ2) is 8.77. The van der Waals surface area contributed by atoms with Crippen molar-refractivity contribution in [2.45, 2.75) is 46.1 Å². The molecule has 0 saturated heterocycles. The molecular weight excluding hydrogens is 246 g/mol. The van der Waals surface area contributed by atoms with Crippen LogP contribution in [0.5, 0.6) is 0 Å². The molecule has 5 N–H and O–H groups in total. The van der Waals surface area contributed by atoms with E-state index in [0.717, 1.165) is 12.8 Å². The lowest BCUT2D eigenvalue weighted by molar-refractivity contribution is -0.136. The molecule has 1 atom stereocenters. The van der Waals surface area contributed by atoms with Gasteiger partial charge in [-0.15, -0.1) is 0 Å². The Morgan fingerprint density at radius 2 is 1.74 bits per heavy atom. The molecule has 0 aliphatic carbocycles. The summed E-state index contributed by atoms with van der Waals surface area (Å²) < 4.78 is 0. The van der Waals surface area contributed by atoms with Gasteiger partial charge in [-0.1, -0.05) is 20.3 Å². The Bertz CT molecular complexity index is 329. The molecule has 19 heavy (non-hydrogen) atoms. The average molecular weight is 270 g/mol. The van der Waals surface area contributed by atoms with Gasteiger partial charge in [0.15, 0.2) is 5.78 Å². The van der Waals surface area contributed by atoms with Crippen molar-refractivity contribution in [1.29, 1.82) is 0 Å². The van der Waals surface area contributed by atoms with E-state index in [1.165, 1.54) is 6.92 Å².